The van der Waals surface area contributed by atoms with Crippen molar-refractivity contribution in [3.05, 3.63) is 65.1 Å². The highest BCUT2D eigenvalue weighted by Gasteiger charge is 2.30. The predicted octanol–water partition coefficient (Wildman–Crippen LogP) is 5.26. The van der Waals surface area contributed by atoms with Crippen molar-refractivity contribution < 1.29 is 9.53 Å². The van der Waals surface area contributed by atoms with Gasteiger partial charge in [-0.1, -0.05) is 11.6 Å². The van der Waals surface area contributed by atoms with Crippen molar-refractivity contribution >= 4 is 34.5 Å². The number of nitrogens with zero attached hydrogens (tertiary/aromatic N) is 1. The smallest absolute Gasteiger partial charge is 0.267 e. The number of hydrogen-bond acceptors (Lipinski definition) is 4. The minimum Gasteiger partial charge on any atom is -0.478 e. The molecule has 1 amide bonds. The number of benzene rings is 2. The third-order valence-corrected chi connectivity index (χ3v) is 4.63. The first-order chi connectivity index (χ1) is 11.9. The van der Waals surface area contributed by atoms with E-state index in [0.717, 1.165) is 10.6 Å². The molecule has 0 unspecified atom stereocenters. The molecule has 0 aliphatic rings. The second-order valence-electron chi connectivity index (χ2n) is 5.94. The number of carbonyl (C=O) groups is 1. The zero-order valence-electron chi connectivity index (χ0n) is 13.8. The van der Waals surface area contributed by atoms with Crippen molar-refractivity contribution in [3.63, 3.8) is 0 Å². The number of halogens is 1. The molecule has 25 heavy (non-hydrogen) atoms. The number of nitrogens with one attached hydrogen (secondary N) is 1. The van der Waals surface area contributed by atoms with Crippen molar-refractivity contribution in [3.8, 4) is 16.3 Å². The molecule has 128 valence electrons. The number of carbonyl (C=O) groups excluding carboxylic acids is 1. The van der Waals surface area contributed by atoms with Crippen LogP contribution >= 0.6 is 22.9 Å². The lowest BCUT2D eigenvalue weighted by atomic mass is 10.1. The summed E-state index contributed by atoms with van der Waals surface area (Å²) in [6.45, 7) is 3.45. The van der Waals surface area contributed by atoms with Crippen LogP contribution < -0.4 is 10.1 Å². The van der Waals surface area contributed by atoms with Crippen LogP contribution in [0, 0.1) is 0 Å². The maximum Gasteiger partial charge on any atom is 0.267 e. The third-order valence-electron chi connectivity index (χ3n) is 3.56. The Morgan fingerprint density at radius 3 is 2.40 bits per heavy atom. The molecule has 3 aromatic rings. The van der Waals surface area contributed by atoms with Gasteiger partial charge in [0.25, 0.3) is 5.91 Å². The fourth-order valence-corrected chi connectivity index (χ4v) is 2.96. The Morgan fingerprint density at radius 1 is 1.12 bits per heavy atom. The number of thiazole rings is 1. The summed E-state index contributed by atoms with van der Waals surface area (Å²) in [5.41, 5.74) is 0.699. The summed E-state index contributed by atoms with van der Waals surface area (Å²) < 4.78 is 5.79. The van der Waals surface area contributed by atoms with Crippen molar-refractivity contribution in [2.45, 2.75) is 19.4 Å². The van der Waals surface area contributed by atoms with E-state index in [9.17, 15) is 4.79 Å². The van der Waals surface area contributed by atoms with Gasteiger partial charge in [-0.05, 0) is 62.4 Å². The van der Waals surface area contributed by atoms with Gasteiger partial charge in [0.05, 0.1) is 0 Å². The van der Waals surface area contributed by atoms with Gasteiger partial charge in [0.2, 0.25) is 0 Å². The lowest BCUT2D eigenvalue weighted by Gasteiger charge is -2.25. The molecule has 0 aliphatic heterocycles. The first-order valence-electron chi connectivity index (χ1n) is 7.70. The molecule has 2 aromatic carbocycles. The van der Waals surface area contributed by atoms with Crippen LogP contribution in [0.3, 0.4) is 0 Å². The number of ether oxygens (including phenoxy) is 1. The minimum atomic E-state index is -1.03. The summed E-state index contributed by atoms with van der Waals surface area (Å²) in [5.74, 6) is 0.355. The van der Waals surface area contributed by atoms with Gasteiger partial charge in [-0.3, -0.25) is 4.79 Å². The van der Waals surface area contributed by atoms with Gasteiger partial charge in [-0.2, -0.15) is 0 Å². The molecule has 0 saturated carbocycles. The Labute approximate surface area is 155 Å². The normalized spacial score (nSPS) is 11.2. The molecule has 0 bridgehead atoms. The largest absolute Gasteiger partial charge is 0.478 e. The number of hydrogen-bond donors (Lipinski definition) is 1. The number of rotatable bonds is 5. The van der Waals surface area contributed by atoms with E-state index < -0.39 is 5.60 Å². The van der Waals surface area contributed by atoms with E-state index in [1.165, 1.54) is 0 Å². The van der Waals surface area contributed by atoms with Crippen LogP contribution in [0.1, 0.15) is 13.8 Å². The maximum absolute atomic E-state index is 12.5. The lowest BCUT2D eigenvalue weighted by molar-refractivity contribution is -0.128. The Kier molecular flexibility index (Phi) is 5.06. The van der Waals surface area contributed by atoms with Gasteiger partial charge in [-0.15, -0.1) is 11.3 Å². The Bertz CT molecular complexity index is 844. The number of anilines is 1. The van der Waals surface area contributed by atoms with Crippen LogP contribution in [-0.2, 0) is 4.79 Å². The standard InChI is InChI=1S/C19H17ClN2O2S/c1-19(2,24-16-9-5-14(20)6-10-16)18(23)22-15-7-3-13(4-8-15)17-21-11-12-25-17/h3-12H,1-2H3,(H,22,23). The quantitative estimate of drug-likeness (QED) is 0.664. The van der Waals surface area contributed by atoms with Crippen molar-refractivity contribution in [2.75, 3.05) is 5.32 Å². The van der Waals surface area contributed by atoms with E-state index in [1.54, 1.807) is 55.6 Å². The van der Waals surface area contributed by atoms with E-state index in [0.29, 0.717) is 16.5 Å². The molecule has 0 aliphatic carbocycles. The molecule has 0 atom stereocenters. The molecule has 0 saturated heterocycles. The Morgan fingerprint density at radius 2 is 1.80 bits per heavy atom. The van der Waals surface area contributed by atoms with Gasteiger partial charge in [-0.25, -0.2) is 4.98 Å². The van der Waals surface area contributed by atoms with Crippen LogP contribution in [0.5, 0.6) is 5.75 Å². The van der Waals surface area contributed by atoms with Crippen LogP contribution in [0.15, 0.2) is 60.1 Å². The fraction of sp³-hybridized carbons (Fsp3) is 0.158. The molecule has 0 radical (unpaired) electrons. The van der Waals surface area contributed by atoms with Gasteiger partial charge in [0.1, 0.15) is 10.8 Å². The zero-order chi connectivity index (χ0) is 17.9. The highest BCUT2D eigenvalue weighted by Crippen LogP contribution is 2.25. The predicted molar refractivity (Wildman–Crippen MR) is 102 cm³/mol. The van der Waals surface area contributed by atoms with Gasteiger partial charge >= 0.3 is 0 Å². The molecule has 1 heterocycles. The summed E-state index contributed by atoms with van der Waals surface area (Å²) in [5, 5.41) is 6.38. The lowest BCUT2D eigenvalue weighted by Crippen LogP contribution is -2.42. The topological polar surface area (TPSA) is 51.2 Å². The highest BCUT2D eigenvalue weighted by molar-refractivity contribution is 7.13. The van der Waals surface area contributed by atoms with E-state index >= 15 is 0 Å². The fourth-order valence-electron chi connectivity index (χ4n) is 2.19. The summed E-state index contributed by atoms with van der Waals surface area (Å²) in [7, 11) is 0. The van der Waals surface area contributed by atoms with Crippen molar-refractivity contribution in [1.82, 2.24) is 4.98 Å². The second-order valence-corrected chi connectivity index (χ2v) is 7.27. The molecular weight excluding hydrogens is 356 g/mol. The van der Waals surface area contributed by atoms with Crippen molar-refractivity contribution in [2.24, 2.45) is 0 Å². The second kappa shape index (κ2) is 7.25. The van der Waals surface area contributed by atoms with Crippen LogP contribution in [0.4, 0.5) is 5.69 Å². The zero-order valence-corrected chi connectivity index (χ0v) is 15.4. The highest BCUT2D eigenvalue weighted by atomic mass is 35.5. The molecule has 4 nitrogen and oxygen atoms in total. The molecule has 0 fully saturated rings. The maximum atomic E-state index is 12.5. The van der Waals surface area contributed by atoms with E-state index in [-0.39, 0.29) is 5.91 Å². The van der Waals surface area contributed by atoms with Gasteiger partial charge in [0.15, 0.2) is 5.60 Å². The molecule has 1 N–H and O–H groups in total. The number of aromatic nitrogens is 1. The molecule has 1 aromatic heterocycles. The average molecular weight is 373 g/mol. The molecule has 6 heteroatoms. The third kappa shape index (κ3) is 4.38. The summed E-state index contributed by atoms with van der Waals surface area (Å²) in [6.07, 6.45) is 1.77. The first kappa shape index (κ1) is 17.5. The molecule has 0 spiro atoms. The minimum absolute atomic E-state index is 0.232. The van der Waals surface area contributed by atoms with E-state index in [1.807, 2.05) is 29.6 Å². The summed E-state index contributed by atoms with van der Waals surface area (Å²) in [6, 6.07) is 14.5. The molecule has 3 rings (SSSR count). The summed E-state index contributed by atoms with van der Waals surface area (Å²) >= 11 is 7.44. The van der Waals surface area contributed by atoms with Crippen LogP contribution in [-0.4, -0.2) is 16.5 Å². The Balaban J connectivity index is 1.67. The van der Waals surface area contributed by atoms with E-state index in [4.69, 9.17) is 16.3 Å². The summed E-state index contributed by atoms with van der Waals surface area (Å²) in [4.78, 5) is 16.8. The first-order valence-corrected chi connectivity index (χ1v) is 8.96. The van der Waals surface area contributed by atoms with Crippen molar-refractivity contribution in [1.29, 1.82) is 0 Å². The monoisotopic (exact) mass is 372 g/mol. The SMILES string of the molecule is CC(C)(Oc1ccc(Cl)cc1)C(=O)Nc1ccc(-c2nccs2)cc1. The van der Waals surface area contributed by atoms with Gasteiger partial charge in [0, 0.05) is 27.9 Å². The van der Waals surface area contributed by atoms with Gasteiger partial charge < -0.3 is 10.1 Å². The number of amides is 1. The van der Waals surface area contributed by atoms with Crippen LogP contribution in [0.2, 0.25) is 5.02 Å². The van der Waals surface area contributed by atoms with E-state index in [2.05, 4.69) is 10.3 Å². The Hall–Kier alpha value is -2.37. The molecular formula is C19H17ClN2O2S. The van der Waals surface area contributed by atoms with Crippen LogP contribution in [0.25, 0.3) is 10.6 Å². The average Bonchev–Trinajstić information content (AvgIpc) is 3.12.